The lowest BCUT2D eigenvalue weighted by atomic mass is 9.74. The molecule has 0 bridgehead atoms. The largest absolute Gasteiger partial charge is 0.505 e. The lowest BCUT2D eigenvalue weighted by Crippen LogP contribution is -2.66. The van der Waals surface area contributed by atoms with Gasteiger partial charge in [0, 0.05) is 6.32 Å². The lowest BCUT2D eigenvalue weighted by Gasteiger charge is -2.43. The summed E-state index contributed by atoms with van der Waals surface area (Å²) in [4.78, 5) is 0. The smallest absolute Gasteiger partial charge is 0.456 e. The van der Waals surface area contributed by atoms with Gasteiger partial charge in [-0.3, -0.25) is 0 Å². The second kappa shape index (κ2) is 13.4. The minimum Gasteiger partial charge on any atom is -0.505 e. The average Bonchev–Trinajstić information content (AvgIpc) is 3.26. The lowest BCUT2D eigenvalue weighted by molar-refractivity contribution is 0.168. The first-order valence-electron chi connectivity index (χ1n) is 15.6. The van der Waals surface area contributed by atoms with Gasteiger partial charge in [-0.15, -0.1) is 0 Å². The molecule has 3 aromatic carbocycles. The Kier molecular flexibility index (Phi) is 9.91. The maximum atomic E-state index is 14.0. The minimum absolute atomic E-state index is 0.000138. The number of hydrogen-bond acceptors (Lipinski definition) is 6. The quantitative estimate of drug-likeness (QED) is 0.218. The number of halogens is 1. The molecule has 0 amide bonds. The summed E-state index contributed by atoms with van der Waals surface area (Å²) in [5.41, 5.74) is 3.08. The molecule has 2 N–H and O–H groups in total. The van der Waals surface area contributed by atoms with E-state index in [1.807, 2.05) is 49.4 Å². The van der Waals surface area contributed by atoms with Gasteiger partial charge in [-0.2, -0.15) is 0 Å². The molecule has 2 heterocycles. The molecule has 6 nitrogen and oxygen atoms in total. The van der Waals surface area contributed by atoms with Crippen molar-refractivity contribution in [1.29, 1.82) is 0 Å². The van der Waals surface area contributed by atoms with Crippen LogP contribution in [0, 0.1) is 5.82 Å². The summed E-state index contributed by atoms with van der Waals surface area (Å²) in [5.74, 6) is -1.21. The molecule has 45 heavy (non-hydrogen) atoms. The molecule has 5 rings (SSSR count). The Labute approximate surface area is 267 Å². The van der Waals surface area contributed by atoms with Crippen molar-refractivity contribution in [3.05, 3.63) is 107 Å². The molecule has 2 atom stereocenters. The second-order valence-electron chi connectivity index (χ2n) is 13.0. The highest BCUT2D eigenvalue weighted by molar-refractivity contribution is 7.92. The third kappa shape index (κ3) is 6.90. The topological polar surface area (TPSA) is 93.1 Å². The van der Waals surface area contributed by atoms with E-state index in [-0.39, 0.29) is 23.7 Å². The molecule has 10 heteroatoms. The Morgan fingerprint density at radius 2 is 1.69 bits per heavy atom. The zero-order valence-electron chi connectivity index (χ0n) is 26.4. The molecule has 1 saturated heterocycles. The van der Waals surface area contributed by atoms with Gasteiger partial charge in [0.15, 0.2) is 21.4 Å². The van der Waals surface area contributed by atoms with Crippen molar-refractivity contribution in [2.45, 2.75) is 69.7 Å². The summed E-state index contributed by atoms with van der Waals surface area (Å²) in [5, 5.41) is 21.3. The Balaban J connectivity index is 1.50. The van der Waals surface area contributed by atoms with Crippen LogP contribution in [-0.4, -0.2) is 57.7 Å². The van der Waals surface area contributed by atoms with Crippen LogP contribution in [0.3, 0.4) is 0 Å². The number of allylic oxidation sites excluding steroid dienone is 1. The summed E-state index contributed by atoms with van der Waals surface area (Å²) in [6.07, 6.45) is 3.01. The third-order valence-electron chi connectivity index (χ3n) is 9.05. The zero-order valence-corrected chi connectivity index (χ0v) is 28.2. The molecule has 0 aliphatic carbocycles. The maximum Gasteiger partial charge on any atom is 0.456 e. The Hall–Kier alpha value is -3.02. The van der Waals surface area contributed by atoms with Gasteiger partial charge < -0.3 is 19.2 Å². The van der Waals surface area contributed by atoms with Crippen LogP contribution in [0.2, 0.25) is 11.4 Å². The second-order valence-corrected chi connectivity index (χ2v) is 19.5. The van der Waals surface area contributed by atoms with Gasteiger partial charge in [0.25, 0.3) is 8.32 Å². The number of phenolic OH excluding ortho intramolecular Hbond substituents is 1. The van der Waals surface area contributed by atoms with Crippen molar-refractivity contribution in [2.75, 3.05) is 12.4 Å². The van der Waals surface area contributed by atoms with E-state index in [9.17, 15) is 22.9 Å². The zero-order chi connectivity index (χ0) is 32.4. The molecule has 0 radical (unpaired) electrons. The average molecular weight is 649 g/mol. The van der Waals surface area contributed by atoms with E-state index in [0.717, 1.165) is 15.9 Å². The van der Waals surface area contributed by atoms with Crippen LogP contribution >= 0.6 is 0 Å². The monoisotopic (exact) mass is 648 g/mol. The van der Waals surface area contributed by atoms with Crippen molar-refractivity contribution in [2.24, 2.45) is 0 Å². The van der Waals surface area contributed by atoms with Gasteiger partial charge in [0.05, 0.1) is 23.7 Å². The molecule has 2 aliphatic rings. The van der Waals surface area contributed by atoms with Crippen LogP contribution in [0.15, 0.2) is 95.6 Å². The fourth-order valence-corrected chi connectivity index (χ4v) is 13.5. The molecular formula is C35H42BFO6SSi. The van der Waals surface area contributed by atoms with Crippen molar-refractivity contribution in [3.63, 3.8) is 0 Å². The van der Waals surface area contributed by atoms with Gasteiger partial charge in [0.1, 0.15) is 0 Å². The summed E-state index contributed by atoms with van der Waals surface area (Å²) in [6, 6.07) is 24.7. The predicted molar refractivity (Wildman–Crippen MR) is 181 cm³/mol. The Morgan fingerprint density at radius 3 is 2.24 bits per heavy atom. The van der Waals surface area contributed by atoms with E-state index in [1.54, 1.807) is 6.07 Å². The fourth-order valence-electron chi connectivity index (χ4n) is 6.88. The fraction of sp³-hybridized carbons (Fsp3) is 0.371. The standard InChI is InChI=1S/C35H42BFO6SSi/c1-5-25(20-26-16-18-31(38)30(37)21-26)17-19-32-34-27(24-44(40,41)33(34)22-36(39)43-32)23-42-45(35(2,3)4,28-12-8-6-9-13-28)29-14-10-7-11-15-29/h6-16,18,20-21,32-33,38-39H,5,17,19,22-24H2,1-4H3/b25-20+/t32-,33+/m1/s1. The summed E-state index contributed by atoms with van der Waals surface area (Å²) in [7, 11) is -7.67. The maximum absolute atomic E-state index is 14.0. The molecule has 3 aromatic rings. The van der Waals surface area contributed by atoms with Crippen molar-refractivity contribution in [1.82, 2.24) is 0 Å². The van der Waals surface area contributed by atoms with Crippen molar-refractivity contribution in [3.8, 4) is 5.75 Å². The van der Waals surface area contributed by atoms with E-state index in [1.165, 1.54) is 12.1 Å². The van der Waals surface area contributed by atoms with E-state index >= 15 is 0 Å². The highest BCUT2D eigenvalue weighted by Crippen LogP contribution is 2.42. The van der Waals surface area contributed by atoms with Crippen molar-refractivity contribution < 1.29 is 32.0 Å². The van der Waals surface area contributed by atoms with Gasteiger partial charge in [-0.1, -0.05) is 106 Å². The molecular weight excluding hydrogens is 606 g/mol. The molecule has 0 saturated carbocycles. The minimum atomic E-state index is -3.55. The number of aromatic hydroxyl groups is 1. The van der Waals surface area contributed by atoms with E-state index in [4.69, 9.17) is 9.08 Å². The predicted octanol–water partition coefficient (Wildman–Crippen LogP) is 5.65. The number of phenols is 1. The Morgan fingerprint density at radius 1 is 1.07 bits per heavy atom. The molecule has 0 aromatic heterocycles. The number of sulfone groups is 1. The number of fused-ring (bicyclic) bond motifs is 1. The number of benzene rings is 3. The van der Waals surface area contributed by atoms with Gasteiger partial charge >= 0.3 is 7.12 Å². The first kappa shape index (κ1) is 33.3. The van der Waals surface area contributed by atoms with Gasteiger partial charge in [-0.05, 0) is 63.5 Å². The Bertz CT molecular complexity index is 1630. The van der Waals surface area contributed by atoms with E-state index in [2.05, 4.69) is 45.0 Å². The van der Waals surface area contributed by atoms with Crippen LogP contribution < -0.4 is 10.4 Å². The molecule has 238 valence electrons. The summed E-state index contributed by atoms with van der Waals surface area (Å²) < 4.78 is 54.2. The third-order valence-corrected chi connectivity index (χ3v) is 16.1. The van der Waals surface area contributed by atoms with Crippen LogP contribution in [0.1, 0.15) is 52.5 Å². The first-order valence-corrected chi connectivity index (χ1v) is 19.2. The summed E-state index contributed by atoms with van der Waals surface area (Å²) >= 11 is 0. The van der Waals surface area contributed by atoms with Gasteiger partial charge in [0.2, 0.25) is 0 Å². The summed E-state index contributed by atoms with van der Waals surface area (Å²) in [6.45, 7) is 8.72. The number of rotatable bonds is 10. The molecule has 0 unspecified atom stereocenters. The van der Waals surface area contributed by atoms with Crippen LogP contribution in [0.4, 0.5) is 4.39 Å². The molecule has 0 spiro atoms. The normalized spacial score (nSPS) is 20.4. The number of hydrogen-bond donors (Lipinski definition) is 2. The highest BCUT2D eigenvalue weighted by atomic mass is 32.2. The van der Waals surface area contributed by atoms with E-state index in [0.29, 0.717) is 36.0 Å². The van der Waals surface area contributed by atoms with Crippen molar-refractivity contribution >= 4 is 41.7 Å². The van der Waals surface area contributed by atoms with Crippen LogP contribution in [0.25, 0.3) is 6.08 Å². The van der Waals surface area contributed by atoms with E-state index < -0.39 is 48.2 Å². The first-order chi connectivity index (χ1) is 21.4. The highest BCUT2D eigenvalue weighted by Gasteiger charge is 2.52. The van der Waals surface area contributed by atoms with Gasteiger partial charge in [-0.25, -0.2) is 12.8 Å². The SMILES string of the molecule is CC/C(=C\c1ccc(O)c(F)c1)CC[C@H]1OB(O)C[C@H]2C1=C(CO[Si](c1ccccc1)(c1ccccc1)C(C)(C)C)CS2(=O)=O. The van der Waals surface area contributed by atoms with Crippen LogP contribution in [0.5, 0.6) is 5.75 Å². The molecule has 1 fully saturated rings. The van der Waals surface area contributed by atoms with Crippen LogP contribution in [-0.2, 0) is 18.9 Å². The molecule has 2 aliphatic heterocycles.